The molecular weight excluding hydrogens is 354 g/mol. The number of amides is 1. The number of carbonyl (C=O) groups excluding carboxylic acids is 1. The second-order valence-electron chi connectivity index (χ2n) is 7.66. The van der Waals surface area contributed by atoms with Crippen molar-refractivity contribution in [2.75, 3.05) is 26.7 Å². The lowest BCUT2D eigenvalue weighted by Crippen LogP contribution is -2.45. The Hall–Kier alpha value is -2.51. The van der Waals surface area contributed by atoms with Gasteiger partial charge in [-0.2, -0.15) is 0 Å². The molecule has 3 heterocycles. The summed E-state index contributed by atoms with van der Waals surface area (Å²) in [6.45, 7) is 4.60. The van der Waals surface area contributed by atoms with Crippen LogP contribution < -0.4 is 15.6 Å². The van der Waals surface area contributed by atoms with Gasteiger partial charge in [-0.3, -0.25) is 15.6 Å². The van der Waals surface area contributed by atoms with E-state index in [1.165, 1.54) is 30.6 Å². The van der Waals surface area contributed by atoms with Crippen molar-refractivity contribution in [3.8, 4) is 6.01 Å². The van der Waals surface area contributed by atoms with Crippen LogP contribution in [0.15, 0.2) is 36.7 Å². The molecule has 148 valence electrons. The van der Waals surface area contributed by atoms with Crippen molar-refractivity contribution in [1.82, 2.24) is 25.7 Å². The number of hydrazine groups is 1. The molecule has 0 aliphatic carbocycles. The van der Waals surface area contributed by atoms with E-state index in [1.54, 1.807) is 0 Å². The summed E-state index contributed by atoms with van der Waals surface area (Å²) in [5.74, 6) is 0.993. The Balaban J connectivity index is 1.38. The fourth-order valence-corrected chi connectivity index (χ4v) is 4.36. The zero-order chi connectivity index (χ0) is 19.5. The van der Waals surface area contributed by atoms with Crippen LogP contribution in [-0.4, -0.2) is 53.6 Å². The summed E-state index contributed by atoms with van der Waals surface area (Å²) in [6.07, 6.45) is 5.06. The van der Waals surface area contributed by atoms with E-state index in [0.717, 1.165) is 32.5 Å². The predicted octanol–water partition coefficient (Wildman–Crippen LogP) is 1.91. The van der Waals surface area contributed by atoms with Gasteiger partial charge in [0.2, 0.25) is 0 Å². The third-order valence-corrected chi connectivity index (χ3v) is 5.89. The van der Waals surface area contributed by atoms with Crippen molar-refractivity contribution < 1.29 is 9.53 Å². The smallest absolute Gasteiger partial charge is 0.316 e. The van der Waals surface area contributed by atoms with E-state index in [4.69, 9.17) is 4.74 Å². The molecule has 0 spiro atoms. The highest BCUT2D eigenvalue weighted by molar-refractivity contribution is 5.93. The average Bonchev–Trinajstić information content (AvgIpc) is 3.23. The molecule has 2 aliphatic rings. The highest BCUT2D eigenvalue weighted by atomic mass is 16.5. The van der Waals surface area contributed by atoms with Crippen molar-refractivity contribution >= 4 is 5.91 Å². The molecule has 1 amide bonds. The maximum absolute atomic E-state index is 12.7. The van der Waals surface area contributed by atoms with Gasteiger partial charge < -0.3 is 9.64 Å². The maximum Gasteiger partial charge on any atom is 0.316 e. The van der Waals surface area contributed by atoms with E-state index in [9.17, 15) is 4.79 Å². The first-order valence-electron chi connectivity index (χ1n) is 9.86. The van der Waals surface area contributed by atoms with Crippen molar-refractivity contribution in [1.29, 1.82) is 0 Å². The average molecular weight is 381 g/mol. The van der Waals surface area contributed by atoms with Crippen LogP contribution in [0, 0.1) is 12.8 Å². The minimum Gasteiger partial charge on any atom is -0.467 e. The van der Waals surface area contributed by atoms with Crippen LogP contribution in [0.4, 0.5) is 0 Å². The zero-order valence-corrected chi connectivity index (χ0v) is 16.4. The first kappa shape index (κ1) is 18.8. The molecule has 2 atom stereocenters. The molecule has 2 saturated heterocycles. The van der Waals surface area contributed by atoms with Crippen molar-refractivity contribution in [3.63, 3.8) is 0 Å². The summed E-state index contributed by atoms with van der Waals surface area (Å²) in [4.78, 5) is 22.7. The standard InChI is InChI=1S/C21H27N5O2/c1-14-4-3-5-16(10-14)18-13-24-25-19(18)15-6-8-26(9-7-15)20(27)17-11-22-21(28-2)23-12-17/h3-5,10-12,15,18-19,24-25H,6-9,13H2,1-2H3. The lowest BCUT2D eigenvalue weighted by molar-refractivity contribution is 0.0669. The fraction of sp³-hybridized carbons (Fsp3) is 0.476. The Morgan fingerprint density at radius 2 is 1.96 bits per heavy atom. The summed E-state index contributed by atoms with van der Waals surface area (Å²) in [7, 11) is 1.51. The number of benzene rings is 1. The van der Waals surface area contributed by atoms with Gasteiger partial charge in [-0.05, 0) is 31.2 Å². The van der Waals surface area contributed by atoms with E-state index >= 15 is 0 Å². The molecule has 2 aromatic rings. The van der Waals surface area contributed by atoms with E-state index in [0.29, 0.717) is 23.4 Å². The molecule has 1 aromatic heterocycles. The predicted molar refractivity (Wildman–Crippen MR) is 106 cm³/mol. The fourth-order valence-electron chi connectivity index (χ4n) is 4.36. The summed E-state index contributed by atoms with van der Waals surface area (Å²) >= 11 is 0. The minimum absolute atomic E-state index is 0.00570. The highest BCUT2D eigenvalue weighted by Gasteiger charge is 2.37. The molecule has 4 rings (SSSR count). The third kappa shape index (κ3) is 3.86. The lowest BCUT2D eigenvalue weighted by atomic mass is 9.80. The summed E-state index contributed by atoms with van der Waals surface area (Å²) in [5, 5.41) is 0. The van der Waals surface area contributed by atoms with Crippen LogP contribution in [0.1, 0.15) is 40.2 Å². The van der Waals surface area contributed by atoms with E-state index in [1.807, 2.05) is 4.90 Å². The summed E-state index contributed by atoms with van der Waals surface area (Å²) in [5.41, 5.74) is 10.0. The van der Waals surface area contributed by atoms with E-state index < -0.39 is 0 Å². The number of nitrogens with one attached hydrogen (secondary N) is 2. The van der Waals surface area contributed by atoms with Crippen LogP contribution in [0.3, 0.4) is 0 Å². The van der Waals surface area contributed by atoms with Crippen molar-refractivity contribution in [2.24, 2.45) is 5.92 Å². The molecule has 2 unspecified atom stereocenters. The number of carbonyl (C=O) groups is 1. The zero-order valence-electron chi connectivity index (χ0n) is 16.4. The Kier molecular flexibility index (Phi) is 5.54. The van der Waals surface area contributed by atoms with Gasteiger partial charge in [0.05, 0.1) is 12.7 Å². The molecular formula is C21H27N5O2. The van der Waals surface area contributed by atoms with Crippen LogP contribution >= 0.6 is 0 Å². The van der Waals surface area contributed by atoms with Crippen LogP contribution in [0.25, 0.3) is 0 Å². The molecule has 0 radical (unpaired) electrons. The Morgan fingerprint density at radius 1 is 1.21 bits per heavy atom. The number of aryl methyl sites for hydroxylation is 1. The quantitative estimate of drug-likeness (QED) is 0.842. The molecule has 2 aliphatic heterocycles. The molecule has 7 nitrogen and oxygen atoms in total. The molecule has 28 heavy (non-hydrogen) atoms. The highest BCUT2D eigenvalue weighted by Crippen LogP contribution is 2.33. The largest absolute Gasteiger partial charge is 0.467 e. The van der Waals surface area contributed by atoms with Gasteiger partial charge in [-0.15, -0.1) is 0 Å². The van der Waals surface area contributed by atoms with Gasteiger partial charge in [0.1, 0.15) is 0 Å². The molecule has 0 saturated carbocycles. The molecule has 2 fully saturated rings. The Bertz CT molecular complexity index is 818. The maximum atomic E-state index is 12.7. The monoisotopic (exact) mass is 381 g/mol. The number of likely N-dealkylation sites (tertiary alicyclic amines) is 1. The van der Waals surface area contributed by atoms with Gasteiger partial charge in [0.15, 0.2) is 0 Å². The molecule has 7 heteroatoms. The Labute approximate surface area is 165 Å². The summed E-state index contributed by atoms with van der Waals surface area (Å²) < 4.78 is 4.96. The topological polar surface area (TPSA) is 79.4 Å². The molecule has 0 bridgehead atoms. The van der Waals surface area contributed by atoms with Crippen molar-refractivity contribution in [3.05, 3.63) is 53.3 Å². The minimum atomic E-state index is -0.00570. The third-order valence-electron chi connectivity index (χ3n) is 5.89. The molecule has 1 aromatic carbocycles. The number of nitrogens with zero attached hydrogens (tertiary/aromatic N) is 3. The normalized spacial score (nSPS) is 23.0. The van der Waals surface area contributed by atoms with Gasteiger partial charge >= 0.3 is 6.01 Å². The van der Waals surface area contributed by atoms with Gasteiger partial charge in [-0.1, -0.05) is 29.8 Å². The van der Waals surface area contributed by atoms with E-state index in [2.05, 4.69) is 52.0 Å². The second kappa shape index (κ2) is 8.24. The van der Waals surface area contributed by atoms with Gasteiger partial charge in [0.25, 0.3) is 5.91 Å². The van der Waals surface area contributed by atoms with Crippen LogP contribution in [-0.2, 0) is 0 Å². The number of aromatic nitrogens is 2. The van der Waals surface area contributed by atoms with Gasteiger partial charge in [0, 0.05) is 44.0 Å². The number of ether oxygens (including phenoxy) is 1. The number of methoxy groups -OCH3 is 1. The SMILES string of the molecule is COc1ncc(C(=O)N2CCC(C3NNCC3c3cccc(C)c3)CC2)cn1. The number of rotatable bonds is 4. The summed E-state index contributed by atoms with van der Waals surface area (Å²) in [6, 6.07) is 9.45. The number of hydrogen-bond acceptors (Lipinski definition) is 6. The second-order valence-corrected chi connectivity index (χ2v) is 7.66. The first-order valence-corrected chi connectivity index (χ1v) is 9.86. The number of hydrogen-bond donors (Lipinski definition) is 2. The van der Waals surface area contributed by atoms with E-state index in [-0.39, 0.29) is 11.9 Å². The Morgan fingerprint density at radius 3 is 2.64 bits per heavy atom. The van der Waals surface area contributed by atoms with Crippen LogP contribution in [0.2, 0.25) is 0 Å². The van der Waals surface area contributed by atoms with Crippen molar-refractivity contribution in [2.45, 2.75) is 31.7 Å². The first-order chi connectivity index (χ1) is 13.7. The lowest BCUT2D eigenvalue weighted by Gasteiger charge is -2.36. The molecule has 2 N–H and O–H groups in total. The van der Waals surface area contributed by atoms with Crippen LogP contribution in [0.5, 0.6) is 6.01 Å². The van der Waals surface area contributed by atoms with Gasteiger partial charge in [-0.25, -0.2) is 9.97 Å². The number of piperidine rings is 1.